The smallest absolute Gasteiger partial charge is 0.269 e. The van der Waals surface area contributed by atoms with Crippen LogP contribution in [0.1, 0.15) is 16.2 Å². The third kappa shape index (κ3) is 4.23. The van der Waals surface area contributed by atoms with E-state index in [-0.39, 0.29) is 18.4 Å². The van der Waals surface area contributed by atoms with Gasteiger partial charge in [0.2, 0.25) is 5.91 Å². The Morgan fingerprint density at radius 1 is 1.35 bits per heavy atom. The van der Waals surface area contributed by atoms with Gasteiger partial charge in [-0.15, -0.1) is 0 Å². The molecule has 0 aliphatic heterocycles. The van der Waals surface area contributed by atoms with Crippen LogP contribution in [0.5, 0.6) is 5.75 Å². The lowest BCUT2D eigenvalue weighted by molar-refractivity contribution is -0.115. The van der Waals surface area contributed by atoms with Crippen LogP contribution in [0.25, 0.3) is 0 Å². The molecule has 1 heterocycles. The highest BCUT2D eigenvalue weighted by Gasteiger charge is 2.13. The maximum atomic E-state index is 12.0. The number of aryl methyl sites for hydroxylation is 2. The number of nitrogens with one attached hydrogen (secondary N) is 2. The van der Waals surface area contributed by atoms with Crippen LogP contribution in [0, 0.1) is 6.92 Å². The number of hydrogen-bond donors (Lipinski definition) is 2. The minimum atomic E-state index is -0.365. The van der Waals surface area contributed by atoms with Crippen molar-refractivity contribution in [2.75, 3.05) is 19.0 Å². The maximum Gasteiger partial charge on any atom is 0.269 e. The van der Waals surface area contributed by atoms with E-state index in [0.717, 1.165) is 5.69 Å². The zero-order chi connectivity index (χ0) is 17.0. The fourth-order valence-electron chi connectivity index (χ4n) is 2.02. The molecule has 8 heteroatoms. The number of anilines is 1. The molecule has 2 N–H and O–H groups in total. The van der Waals surface area contributed by atoms with Crippen molar-refractivity contribution in [3.05, 3.63) is 40.7 Å². The molecule has 0 radical (unpaired) electrons. The molecule has 0 spiro atoms. The fraction of sp³-hybridized carbons (Fsp3) is 0.267. The largest absolute Gasteiger partial charge is 0.495 e. The van der Waals surface area contributed by atoms with Gasteiger partial charge in [-0.25, -0.2) is 0 Å². The molecule has 7 nitrogen and oxygen atoms in total. The maximum absolute atomic E-state index is 12.0. The second kappa shape index (κ2) is 7.15. The average Bonchev–Trinajstić information content (AvgIpc) is 2.84. The van der Waals surface area contributed by atoms with Crippen molar-refractivity contribution in [3.8, 4) is 5.75 Å². The second-order valence-corrected chi connectivity index (χ2v) is 5.28. The van der Waals surface area contributed by atoms with Gasteiger partial charge in [0.25, 0.3) is 5.91 Å². The summed E-state index contributed by atoms with van der Waals surface area (Å²) in [4.78, 5) is 23.9. The molecule has 0 saturated carbocycles. The summed E-state index contributed by atoms with van der Waals surface area (Å²) in [5.74, 6) is -0.209. The predicted molar refractivity (Wildman–Crippen MR) is 86.9 cm³/mol. The summed E-state index contributed by atoms with van der Waals surface area (Å²) in [7, 11) is 3.18. The van der Waals surface area contributed by atoms with Crippen molar-refractivity contribution in [2.45, 2.75) is 6.92 Å². The molecule has 1 aromatic heterocycles. The van der Waals surface area contributed by atoms with E-state index < -0.39 is 0 Å². The highest BCUT2D eigenvalue weighted by atomic mass is 35.5. The molecule has 122 valence electrons. The molecule has 1 aromatic carbocycles. The Morgan fingerprint density at radius 3 is 2.65 bits per heavy atom. The van der Waals surface area contributed by atoms with Crippen molar-refractivity contribution >= 4 is 29.1 Å². The quantitative estimate of drug-likeness (QED) is 0.871. The van der Waals surface area contributed by atoms with Crippen molar-refractivity contribution in [1.82, 2.24) is 15.1 Å². The molecule has 2 rings (SSSR count). The van der Waals surface area contributed by atoms with Crippen molar-refractivity contribution < 1.29 is 14.3 Å². The van der Waals surface area contributed by atoms with E-state index in [4.69, 9.17) is 16.3 Å². The normalized spacial score (nSPS) is 10.3. The molecule has 0 bridgehead atoms. The van der Waals surface area contributed by atoms with Gasteiger partial charge in [-0.3, -0.25) is 14.3 Å². The molecule has 0 saturated heterocycles. The Labute approximate surface area is 138 Å². The van der Waals surface area contributed by atoms with E-state index in [1.165, 1.54) is 11.8 Å². The second-order valence-electron chi connectivity index (χ2n) is 4.87. The number of aromatic nitrogens is 2. The van der Waals surface area contributed by atoms with Gasteiger partial charge in [-0.1, -0.05) is 11.6 Å². The molecule has 23 heavy (non-hydrogen) atoms. The minimum Gasteiger partial charge on any atom is -0.495 e. The van der Waals surface area contributed by atoms with Crippen LogP contribution in [-0.4, -0.2) is 35.2 Å². The molecule has 0 unspecified atom stereocenters. The van der Waals surface area contributed by atoms with Crippen LogP contribution in [0.4, 0.5) is 5.69 Å². The fourth-order valence-corrected chi connectivity index (χ4v) is 2.28. The Hall–Kier alpha value is -2.54. The first-order valence-corrected chi connectivity index (χ1v) is 7.20. The van der Waals surface area contributed by atoms with Crippen LogP contribution in [-0.2, 0) is 11.8 Å². The lowest BCUT2D eigenvalue weighted by atomic mass is 10.3. The number of hydrogen-bond acceptors (Lipinski definition) is 4. The molecule has 0 aliphatic carbocycles. The van der Waals surface area contributed by atoms with Crippen LogP contribution in [0.3, 0.4) is 0 Å². The number of nitrogens with zero attached hydrogens (tertiary/aromatic N) is 2. The predicted octanol–water partition coefficient (Wildman–Crippen LogP) is 1.76. The van der Waals surface area contributed by atoms with Gasteiger partial charge in [0.1, 0.15) is 11.4 Å². The number of rotatable bonds is 5. The zero-order valence-corrected chi connectivity index (χ0v) is 13.8. The number of carbonyl (C=O) groups is 2. The monoisotopic (exact) mass is 336 g/mol. The summed E-state index contributed by atoms with van der Waals surface area (Å²) in [5, 5.41) is 9.66. The molecular formula is C15H17ClN4O3. The Bertz CT molecular complexity index is 742. The van der Waals surface area contributed by atoms with Gasteiger partial charge in [0.05, 0.1) is 24.4 Å². The van der Waals surface area contributed by atoms with Crippen LogP contribution in [0.2, 0.25) is 5.02 Å². The van der Waals surface area contributed by atoms with E-state index >= 15 is 0 Å². The summed E-state index contributed by atoms with van der Waals surface area (Å²) in [6, 6.07) is 6.53. The Morgan fingerprint density at radius 2 is 2.09 bits per heavy atom. The number of ether oxygens (including phenoxy) is 1. The van der Waals surface area contributed by atoms with Crippen molar-refractivity contribution in [3.63, 3.8) is 0 Å². The lowest BCUT2D eigenvalue weighted by Crippen LogP contribution is -2.33. The summed E-state index contributed by atoms with van der Waals surface area (Å²) in [6.07, 6.45) is 0. The zero-order valence-electron chi connectivity index (χ0n) is 13.0. The molecule has 0 aliphatic rings. The number of amides is 2. The number of benzene rings is 1. The molecule has 2 aromatic rings. The van der Waals surface area contributed by atoms with Crippen LogP contribution >= 0.6 is 11.6 Å². The Balaban J connectivity index is 1.91. The van der Waals surface area contributed by atoms with E-state index in [9.17, 15) is 9.59 Å². The topological polar surface area (TPSA) is 85.2 Å². The SMILES string of the molecule is COc1ccc(NC(=O)CNC(=O)c2cc(C)nn2C)cc1Cl. The molecule has 0 fully saturated rings. The van der Waals surface area contributed by atoms with Gasteiger partial charge in [-0.2, -0.15) is 5.10 Å². The number of halogens is 1. The number of carbonyl (C=O) groups excluding carboxylic acids is 2. The van der Waals surface area contributed by atoms with Gasteiger partial charge in [-0.05, 0) is 31.2 Å². The first-order chi connectivity index (χ1) is 10.9. The Kier molecular flexibility index (Phi) is 5.23. The van der Waals surface area contributed by atoms with E-state index in [2.05, 4.69) is 15.7 Å². The summed E-state index contributed by atoms with van der Waals surface area (Å²) in [5.41, 5.74) is 1.64. The molecular weight excluding hydrogens is 320 g/mol. The van der Waals surface area contributed by atoms with Crippen LogP contribution < -0.4 is 15.4 Å². The average molecular weight is 337 g/mol. The van der Waals surface area contributed by atoms with Gasteiger partial charge in [0, 0.05) is 12.7 Å². The van der Waals surface area contributed by atoms with Crippen LogP contribution in [0.15, 0.2) is 24.3 Å². The molecule has 0 atom stereocenters. The third-order valence-corrected chi connectivity index (χ3v) is 3.38. The van der Waals surface area contributed by atoms with E-state index in [1.807, 2.05) is 0 Å². The third-order valence-electron chi connectivity index (χ3n) is 3.08. The first kappa shape index (κ1) is 16.8. The summed E-state index contributed by atoms with van der Waals surface area (Å²) < 4.78 is 6.50. The van der Waals surface area contributed by atoms with Gasteiger partial charge in [0.15, 0.2) is 0 Å². The van der Waals surface area contributed by atoms with Crippen molar-refractivity contribution in [1.29, 1.82) is 0 Å². The van der Waals surface area contributed by atoms with E-state index in [1.54, 1.807) is 38.2 Å². The van der Waals surface area contributed by atoms with Gasteiger partial charge >= 0.3 is 0 Å². The summed E-state index contributed by atoms with van der Waals surface area (Å²) in [6.45, 7) is 1.63. The summed E-state index contributed by atoms with van der Waals surface area (Å²) >= 11 is 5.98. The molecule has 2 amide bonds. The lowest BCUT2D eigenvalue weighted by Gasteiger charge is -2.09. The highest BCUT2D eigenvalue weighted by molar-refractivity contribution is 6.32. The van der Waals surface area contributed by atoms with Gasteiger partial charge < -0.3 is 15.4 Å². The first-order valence-electron chi connectivity index (χ1n) is 6.83. The van der Waals surface area contributed by atoms with Crippen molar-refractivity contribution in [2.24, 2.45) is 7.05 Å². The standard InChI is InChI=1S/C15H17ClN4O3/c1-9-6-12(20(2)19-9)15(22)17-8-14(21)18-10-4-5-13(23-3)11(16)7-10/h4-7H,8H2,1-3H3,(H,17,22)(H,18,21). The highest BCUT2D eigenvalue weighted by Crippen LogP contribution is 2.27. The number of methoxy groups -OCH3 is 1. The minimum absolute atomic E-state index is 0.160. The van der Waals surface area contributed by atoms with E-state index in [0.29, 0.717) is 22.2 Å².